The Hall–Kier alpha value is -2.48. The van der Waals surface area contributed by atoms with Crippen LogP contribution in [-0.4, -0.2) is 56.9 Å². The molecule has 126 valence electrons. The minimum Gasteiger partial charge on any atom is -0.337 e. The van der Waals surface area contributed by atoms with Crippen molar-refractivity contribution in [2.24, 2.45) is 11.8 Å². The first kappa shape index (κ1) is 15.1. The van der Waals surface area contributed by atoms with E-state index in [2.05, 4.69) is 30.6 Å². The van der Waals surface area contributed by atoms with Gasteiger partial charge in [0.2, 0.25) is 0 Å². The van der Waals surface area contributed by atoms with E-state index in [1.807, 2.05) is 6.07 Å². The van der Waals surface area contributed by atoms with E-state index in [9.17, 15) is 4.79 Å². The first-order valence-electron chi connectivity index (χ1n) is 8.37. The molecule has 3 saturated heterocycles. The number of fused-ring (bicyclic) bond motifs is 3. The lowest BCUT2D eigenvalue weighted by Crippen LogP contribution is -2.51. The lowest BCUT2D eigenvalue weighted by atomic mass is 9.79. The minimum absolute atomic E-state index is 0.225. The number of aromatic nitrogens is 4. The first-order valence-corrected chi connectivity index (χ1v) is 8.37. The van der Waals surface area contributed by atoms with E-state index in [0.717, 1.165) is 12.5 Å². The molecule has 24 heavy (non-hydrogen) atoms. The second kappa shape index (κ2) is 6.56. The molecule has 0 aromatic carbocycles. The van der Waals surface area contributed by atoms with Crippen molar-refractivity contribution in [1.82, 2.24) is 30.0 Å². The third kappa shape index (κ3) is 3.23. The molecule has 3 aliphatic heterocycles. The Labute approximate surface area is 140 Å². The highest BCUT2D eigenvalue weighted by atomic mass is 16.2. The molecule has 3 fully saturated rings. The van der Waals surface area contributed by atoms with Gasteiger partial charge in [-0.3, -0.25) is 5.32 Å². The predicted molar refractivity (Wildman–Crippen MR) is 88.8 cm³/mol. The third-order valence-electron chi connectivity index (χ3n) is 4.95. The molecule has 2 bridgehead atoms. The number of carbonyl (C=O) groups excluding carboxylic acids is 1. The minimum atomic E-state index is -0.225. The molecule has 1 atom stereocenters. The summed E-state index contributed by atoms with van der Waals surface area (Å²) in [5.74, 6) is 2.38. The second-order valence-corrected chi connectivity index (χ2v) is 6.45. The monoisotopic (exact) mass is 327 g/mol. The number of urea groups is 1. The topological polar surface area (TPSA) is 88.0 Å². The Morgan fingerprint density at radius 1 is 1.29 bits per heavy atom. The van der Waals surface area contributed by atoms with E-state index in [1.165, 1.54) is 32.3 Å². The largest absolute Gasteiger partial charge is 0.337 e. The van der Waals surface area contributed by atoms with Crippen molar-refractivity contribution >= 4 is 11.8 Å². The number of anilines is 1. The normalized spacial score (nSPS) is 25.4. The molecule has 2 amide bonds. The highest BCUT2D eigenvalue weighted by Gasteiger charge is 2.33. The number of rotatable bonds is 4. The van der Waals surface area contributed by atoms with Crippen LogP contribution in [0.4, 0.5) is 10.6 Å². The molecule has 0 aliphatic carbocycles. The number of nitrogens with zero attached hydrogens (tertiary/aromatic N) is 5. The molecule has 0 spiro atoms. The van der Waals surface area contributed by atoms with Crippen molar-refractivity contribution in [3.8, 4) is 5.82 Å². The summed E-state index contributed by atoms with van der Waals surface area (Å²) in [6, 6.07) is 3.29. The van der Waals surface area contributed by atoms with Gasteiger partial charge < -0.3 is 10.2 Å². The van der Waals surface area contributed by atoms with Gasteiger partial charge in [-0.25, -0.2) is 19.4 Å². The number of carbonyl (C=O) groups is 1. The Bertz CT molecular complexity index is 694. The van der Waals surface area contributed by atoms with Gasteiger partial charge in [-0.05, 0) is 43.8 Å². The standard InChI is InChI=1S/C16H21N7O/c24-16(17-9-13-10-22-6-2-12(13)3-7-22)21-14-8-15(19-11-18-14)23-5-1-4-20-23/h1,4-5,8,11-13H,2-3,6-7,9-10H2,(H2,17,18,19,21,24)/t13-/m1/s1. The first-order chi connectivity index (χ1) is 11.8. The van der Waals surface area contributed by atoms with Gasteiger partial charge in [-0.2, -0.15) is 5.10 Å². The van der Waals surface area contributed by atoms with Crippen LogP contribution in [0.15, 0.2) is 30.9 Å². The molecule has 2 N–H and O–H groups in total. The van der Waals surface area contributed by atoms with Crippen LogP contribution >= 0.6 is 0 Å². The van der Waals surface area contributed by atoms with E-state index < -0.39 is 0 Å². The molecule has 5 heterocycles. The van der Waals surface area contributed by atoms with E-state index in [4.69, 9.17) is 0 Å². The Balaban J connectivity index is 1.32. The lowest BCUT2D eigenvalue weighted by molar-refractivity contribution is 0.0525. The van der Waals surface area contributed by atoms with Gasteiger partial charge in [0.25, 0.3) is 0 Å². The summed E-state index contributed by atoms with van der Waals surface area (Å²) in [6.07, 6.45) is 7.40. The molecular weight excluding hydrogens is 306 g/mol. The van der Waals surface area contributed by atoms with E-state index >= 15 is 0 Å². The van der Waals surface area contributed by atoms with Gasteiger partial charge in [0, 0.05) is 31.5 Å². The van der Waals surface area contributed by atoms with Crippen LogP contribution in [-0.2, 0) is 0 Å². The van der Waals surface area contributed by atoms with E-state index in [0.29, 0.717) is 24.1 Å². The van der Waals surface area contributed by atoms with Gasteiger partial charge in [0.15, 0.2) is 5.82 Å². The summed E-state index contributed by atoms with van der Waals surface area (Å²) < 4.78 is 1.62. The summed E-state index contributed by atoms with van der Waals surface area (Å²) in [5.41, 5.74) is 0. The van der Waals surface area contributed by atoms with E-state index in [1.54, 1.807) is 23.1 Å². The number of piperidine rings is 3. The summed E-state index contributed by atoms with van der Waals surface area (Å²) in [4.78, 5) is 22.9. The smallest absolute Gasteiger partial charge is 0.320 e. The third-order valence-corrected chi connectivity index (χ3v) is 4.95. The summed E-state index contributed by atoms with van der Waals surface area (Å²) in [7, 11) is 0. The van der Waals surface area contributed by atoms with Crippen molar-refractivity contribution < 1.29 is 4.79 Å². The zero-order valence-electron chi connectivity index (χ0n) is 13.4. The fourth-order valence-corrected chi connectivity index (χ4v) is 3.65. The number of hydrogen-bond donors (Lipinski definition) is 2. The van der Waals surface area contributed by atoms with Gasteiger partial charge in [-0.1, -0.05) is 0 Å². The Morgan fingerprint density at radius 3 is 2.88 bits per heavy atom. The second-order valence-electron chi connectivity index (χ2n) is 6.45. The molecule has 0 radical (unpaired) electrons. The zero-order chi connectivity index (χ0) is 16.4. The Kier molecular flexibility index (Phi) is 4.12. The van der Waals surface area contributed by atoms with Crippen LogP contribution in [0.25, 0.3) is 5.82 Å². The van der Waals surface area contributed by atoms with Crippen molar-refractivity contribution in [2.45, 2.75) is 12.8 Å². The van der Waals surface area contributed by atoms with Crippen molar-refractivity contribution in [2.75, 3.05) is 31.5 Å². The molecule has 5 rings (SSSR count). The van der Waals surface area contributed by atoms with Crippen molar-refractivity contribution in [3.63, 3.8) is 0 Å². The van der Waals surface area contributed by atoms with Gasteiger partial charge in [-0.15, -0.1) is 0 Å². The highest BCUT2D eigenvalue weighted by molar-refractivity contribution is 5.88. The van der Waals surface area contributed by atoms with Gasteiger partial charge in [0.1, 0.15) is 12.1 Å². The Morgan fingerprint density at radius 2 is 2.17 bits per heavy atom. The SMILES string of the molecule is O=C(NC[C@@H]1CN2CCC1CC2)Nc1cc(-n2cccn2)ncn1. The molecule has 8 heteroatoms. The fourth-order valence-electron chi connectivity index (χ4n) is 3.65. The number of amides is 2. The summed E-state index contributed by atoms with van der Waals surface area (Å²) >= 11 is 0. The quantitative estimate of drug-likeness (QED) is 0.879. The maximum atomic E-state index is 12.1. The average molecular weight is 327 g/mol. The zero-order valence-corrected chi connectivity index (χ0v) is 13.4. The van der Waals surface area contributed by atoms with Gasteiger partial charge >= 0.3 is 6.03 Å². The lowest BCUT2D eigenvalue weighted by Gasteiger charge is -2.44. The van der Waals surface area contributed by atoms with Crippen LogP contribution < -0.4 is 10.6 Å². The van der Waals surface area contributed by atoms with Gasteiger partial charge in [0.05, 0.1) is 0 Å². The van der Waals surface area contributed by atoms with Crippen LogP contribution in [0, 0.1) is 11.8 Å². The van der Waals surface area contributed by atoms with Crippen LogP contribution in [0.1, 0.15) is 12.8 Å². The maximum absolute atomic E-state index is 12.1. The fraction of sp³-hybridized carbons (Fsp3) is 0.500. The molecule has 0 saturated carbocycles. The molecular formula is C16H21N7O. The molecule has 2 aromatic rings. The molecule has 0 unspecified atom stereocenters. The summed E-state index contributed by atoms with van der Waals surface area (Å²) in [5, 5.41) is 9.87. The molecule has 8 nitrogen and oxygen atoms in total. The van der Waals surface area contributed by atoms with Crippen molar-refractivity contribution in [1.29, 1.82) is 0 Å². The summed E-state index contributed by atoms with van der Waals surface area (Å²) in [6.45, 7) is 4.24. The van der Waals surface area contributed by atoms with Crippen LogP contribution in [0.3, 0.4) is 0 Å². The highest BCUT2D eigenvalue weighted by Crippen LogP contribution is 2.31. The van der Waals surface area contributed by atoms with Crippen LogP contribution in [0.5, 0.6) is 0 Å². The van der Waals surface area contributed by atoms with E-state index in [-0.39, 0.29) is 6.03 Å². The predicted octanol–water partition coefficient (Wildman–Crippen LogP) is 1.13. The molecule has 2 aromatic heterocycles. The van der Waals surface area contributed by atoms with Crippen molar-refractivity contribution in [3.05, 3.63) is 30.9 Å². The average Bonchev–Trinajstić information content (AvgIpc) is 3.16. The van der Waals surface area contributed by atoms with Crippen LogP contribution in [0.2, 0.25) is 0 Å². The molecule has 3 aliphatic rings. The number of nitrogens with one attached hydrogen (secondary N) is 2. The maximum Gasteiger partial charge on any atom is 0.320 e. The number of hydrogen-bond acceptors (Lipinski definition) is 5.